The van der Waals surface area contributed by atoms with E-state index in [0.29, 0.717) is 36.1 Å². The van der Waals surface area contributed by atoms with Crippen molar-refractivity contribution in [2.75, 3.05) is 18.4 Å². The van der Waals surface area contributed by atoms with Gasteiger partial charge in [-0.3, -0.25) is 4.79 Å². The zero-order valence-corrected chi connectivity index (χ0v) is 15.8. The molecule has 2 aromatic carbocycles. The predicted molar refractivity (Wildman–Crippen MR) is 108 cm³/mol. The van der Waals surface area contributed by atoms with Gasteiger partial charge in [-0.2, -0.15) is 0 Å². The molecule has 5 nitrogen and oxygen atoms in total. The van der Waals surface area contributed by atoms with Gasteiger partial charge in [0.15, 0.2) is 11.6 Å². The average Bonchev–Trinajstić information content (AvgIpc) is 2.72. The maximum Gasteiger partial charge on any atom is 0.321 e. The number of nitrogens with one attached hydrogen (secondary N) is 2. The van der Waals surface area contributed by atoms with E-state index in [1.165, 1.54) is 6.07 Å². The second-order valence-corrected chi connectivity index (χ2v) is 7.39. The normalized spacial score (nSPS) is 14.9. The van der Waals surface area contributed by atoms with Gasteiger partial charge in [0.2, 0.25) is 0 Å². The molecule has 150 valence electrons. The van der Waals surface area contributed by atoms with Crippen molar-refractivity contribution in [3.05, 3.63) is 76.2 Å². The van der Waals surface area contributed by atoms with Crippen molar-refractivity contribution < 1.29 is 13.6 Å². The fourth-order valence-electron chi connectivity index (χ4n) is 3.82. The minimum atomic E-state index is -0.825. The summed E-state index contributed by atoms with van der Waals surface area (Å²) in [7, 11) is 0. The number of aromatic nitrogens is 1. The first-order chi connectivity index (χ1) is 14.0. The van der Waals surface area contributed by atoms with Gasteiger partial charge in [0, 0.05) is 30.4 Å². The molecule has 3 aromatic rings. The third kappa shape index (κ3) is 4.13. The molecule has 0 saturated carbocycles. The van der Waals surface area contributed by atoms with Crippen LogP contribution in [0.3, 0.4) is 0 Å². The van der Waals surface area contributed by atoms with Crippen LogP contribution in [0.2, 0.25) is 0 Å². The van der Waals surface area contributed by atoms with Gasteiger partial charge in [-0.1, -0.05) is 18.2 Å². The number of fused-ring (bicyclic) bond motifs is 1. The Labute approximate surface area is 166 Å². The Morgan fingerprint density at radius 3 is 2.72 bits per heavy atom. The highest BCUT2D eigenvalue weighted by Crippen LogP contribution is 2.24. The summed E-state index contributed by atoms with van der Waals surface area (Å²) in [6.07, 6.45) is 3.50. The van der Waals surface area contributed by atoms with E-state index in [9.17, 15) is 18.4 Å². The third-order valence-corrected chi connectivity index (χ3v) is 5.47. The monoisotopic (exact) mass is 397 g/mol. The first kappa shape index (κ1) is 19.1. The highest BCUT2D eigenvalue weighted by atomic mass is 19.2. The highest BCUT2D eigenvalue weighted by molar-refractivity contribution is 5.93. The summed E-state index contributed by atoms with van der Waals surface area (Å²) in [5.74, 6) is -1.40. The SMILES string of the molecule is O=C(Nc1ccc2cc[nH]c(=O)c2c1)N1CCC(Cc2cccc(F)c2F)CC1. The molecular formula is C22H21F2N3O2. The van der Waals surface area contributed by atoms with Crippen LogP contribution in [0.4, 0.5) is 19.3 Å². The van der Waals surface area contributed by atoms with Crippen LogP contribution in [0.1, 0.15) is 18.4 Å². The highest BCUT2D eigenvalue weighted by Gasteiger charge is 2.24. The van der Waals surface area contributed by atoms with Crippen LogP contribution >= 0.6 is 0 Å². The van der Waals surface area contributed by atoms with Crippen LogP contribution in [-0.2, 0) is 6.42 Å². The molecule has 1 fully saturated rings. The second kappa shape index (κ2) is 8.03. The van der Waals surface area contributed by atoms with E-state index >= 15 is 0 Å². The lowest BCUT2D eigenvalue weighted by Gasteiger charge is -2.32. The standard InChI is InChI=1S/C22H21F2N3O2/c23-19-3-1-2-16(20(19)24)12-14-7-10-27(11-8-14)22(29)26-17-5-4-15-6-9-25-21(28)18(15)13-17/h1-6,9,13-14H,7-8,10-12H2,(H,25,28)(H,26,29). The maximum absolute atomic E-state index is 13.9. The third-order valence-electron chi connectivity index (χ3n) is 5.47. The Hall–Kier alpha value is -3.22. The molecule has 0 aliphatic carbocycles. The topological polar surface area (TPSA) is 65.2 Å². The van der Waals surface area contributed by atoms with Gasteiger partial charge in [0.05, 0.1) is 0 Å². The van der Waals surface area contributed by atoms with Crippen molar-refractivity contribution in [2.24, 2.45) is 5.92 Å². The van der Waals surface area contributed by atoms with Gasteiger partial charge in [0.1, 0.15) is 0 Å². The van der Waals surface area contributed by atoms with Crippen molar-refractivity contribution >= 4 is 22.5 Å². The lowest BCUT2D eigenvalue weighted by atomic mass is 9.90. The number of nitrogens with zero attached hydrogens (tertiary/aromatic N) is 1. The number of hydrogen-bond donors (Lipinski definition) is 2. The van der Waals surface area contributed by atoms with Crippen LogP contribution in [0.5, 0.6) is 0 Å². The van der Waals surface area contributed by atoms with E-state index in [1.807, 2.05) is 0 Å². The number of hydrogen-bond acceptors (Lipinski definition) is 2. The molecule has 1 aliphatic heterocycles. The number of amides is 2. The van der Waals surface area contributed by atoms with Crippen LogP contribution < -0.4 is 10.9 Å². The van der Waals surface area contributed by atoms with Gasteiger partial charge in [-0.25, -0.2) is 13.6 Å². The van der Waals surface area contributed by atoms with Crippen molar-refractivity contribution in [2.45, 2.75) is 19.3 Å². The van der Waals surface area contributed by atoms with Crippen molar-refractivity contribution in [1.82, 2.24) is 9.88 Å². The Morgan fingerprint density at radius 2 is 1.93 bits per heavy atom. The largest absolute Gasteiger partial charge is 0.329 e. The molecule has 1 saturated heterocycles. The second-order valence-electron chi connectivity index (χ2n) is 7.39. The smallest absolute Gasteiger partial charge is 0.321 e. The number of carbonyl (C=O) groups excluding carboxylic acids is 1. The molecule has 0 radical (unpaired) electrons. The number of rotatable bonds is 3. The van der Waals surface area contributed by atoms with E-state index in [-0.39, 0.29) is 17.5 Å². The number of benzene rings is 2. The molecule has 0 bridgehead atoms. The first-order valence-electron chi connectivity index (χ1n) is 9.61. The number of H-pyrrole nitrogens is 1. The minimum absolute atomic E-state index is 0.203. The van der Waals surface area contributed by atoms with E-state index in [4.69, 9.17) is 0 Å². The first-order valence-corrected chi connectivity index (χ1v) is 9.61. The van der Waals surface area contributed by atoms with Crippen molar-refractivity contribution in [3.8, 4) is 0 Å². The summed E-state index contributed by atoms with van der Waals surface area (Å²) in [6, 6.07) is 11.0. The molecule has 0 unspecified atom stereocenters. The summed E-state index contributed by atoms with van der Waals surface area (Å²) in [4.78, 5) is 28.8. The number of urea groups is 1. The lowest BCUT2D eigenvalue weighted by molar-refractivity contribution is 0.182. The molecule has 2 amide bonds. The van der Waals surface area contributed by atoms with Gasteiger partial charge < -0.3 is 15.2 Å². The molecule has 2 heterocycles. The predicted octanol–water partition coefficient (Wildman–Crippen LogP) is 4.29. The summed E-state index contributed by atoms with van der Waals surface area (Å²) < 4.78 is 27.2. The molecule has 0 spiro atoms. The zero-order chi connectivity index (χ0) is 20.4. The van der Waals surface area contributed by atoms with E-state index in [2.05, 4.69) is 10.3 Å². The summed E-state index contributed by atoms with van der Waals surface area (Å²) >= 11 is 0. The van der Waals surface area contributed by atoms with Crippen LogP contribution in [0.15, 0.2) is 53.5 Å². The summed E-state index contributed by atoms with van der Waals surface area (Å²) in [5, 5.41) is 4.15. The molecular weight excluding hydrogens is 376 g/mol. The van der Waals surface area contributed by atoms with E-state index in [0.717, 1.165) is 24.3 Å². The van der Waals surface area contributed by atoms with E-state index < -0.39 is 11.6 Å². The molecule has 7 heteroatoms. The number of carbonyl (C=O) groups is 1. The molecule has 29 heavy (non-hydrogen) atoms. The van der Waals surface area contributed by atoms with Gasteiger partial charge in [0.25, 0.3) is 5.56 Å². The lowest BCUT2D eigenvalue weighted by Crippen LogP contribution is -2.41. The molecule has 1 aromatic heterocycles. The number of anilines is 1. The maximum atomic E-state index is 13.9. The van der Waals surface area contributed by atoms with Crippen LogP contribution in [0.25, 0.3) is 10.8 Å². The Balaban J connectivity index is 1.36. The Kier molecular flexibility index (Phi) is 5.29. The van der Waals surface area contributed by atoms with Gasteiger partial charge in [-0.15, -0.1) is 0 Å². The minimum Gasteiger partial charge on any atom is -0.329 e. The number of halogens is 2. The number of piperidine rings is 1. The molecule has 4 rings (SSSR count). The molecule has 0 atom stereocenters. The number of likely N-dealkylation sites (tertiary alicyclic amines) is 1. The summed E-state index contributed by atoms with van der Waals surface area (Å²) in [5.41, 5.74) is 0.737. The summed E-state index contributed by atoms with van der Waals surface area (Å²) in [6.45, 7) is 1.09. The number of pyridine rings is 1. The average molecular weight is 397 g/mol. The van der Waals surface area contributed by atoms with Crippen LogP contribution in [-0.4, -0.2) is 29.0 Å². The quantitative estimate of drug-likeness (QED) is 0.692. The molecule has 2 N–H and O–H groups in total. The van der Waals surface area contributed by atoms with E-state index in [1.54, 1.807) is 41.4 Å². The van der Waals surface area contributed by atoms with Crippen molar-refractivity contribution in [1.29, 1.82) is 0 Å². The Bertz CT molecular complexity index is 1100. The molecule has 1 aliphatic rings. The fraction of sp³-hybridized carbons (Fsp3) is 0.273. The Morgan fingerprint density at radius 1 is 1.14 bits per heavy atom. The zero-order valence-electron chi connectivity index (χ0n) is 15.8. The fourth-order valence-corrected chi connectivity index (χ4v) is 3.82. The van der Waals surface area contributed by atoms with Gasteiger partial charge >= 0.3 is 6.03 Å². The van der Waals surface area contributed by atoms with Gasteiger partial charge in [-0.05, 0) is 60.4 Å². The number of aromatic amines is 1. The van der Waals surface area contributed by atoms with Crippen molar-refractivity contribution in [3.63, 3.8) is 0 Å². The van der Waals surface area contributed by atoms with Crippen LogP contribution in [0, 0.1) is 17.6 Å².